The molecule has 0 aliphatic heterocycles. The predicted molar refractivity (Wildman–Crippen MR) is 410 cm³/mol. The van der Waals surface area contributed by atoms with E-state index in [2.05, 4.69) is 184 Å². The maximum Gasteiger partial charge on any atom is 0.361 e. The second-order valence-corrected chi connectivity index (χ2v) is 26.2. The van der Waals surface area contributed by atoms with Gasteiger partial charge >= 0.3 is 17.9 Å². The van der Waals surface area contributed by atoms with Crippen molar-refractivity contribution in [1.82, 2.24) is 0 Å². The predicted octanol–water partition coefficient (Wildman–Crippen LogP) is 24.6. The third-order valence-corrected chi connectivity index (χ3v) is 16.0. The minimum absolute atomic E-state index is 0.180. The maximum atomic E-state index is 13.0. The van der Waals surface area contributed by atoms with E-state index in [1.165, 1.54) is 135 Å². The SMILES string of the molecule is CC/C=C\C/C=C\C/C=C\C/C=C\C/C=C\C/C=C\C/C=C\C/C=C\CCCCCCCCCCCCCCC(=O)OC(COC(=O)CCCCCCCCCCCCCCCC/C=C\C/C=C\C/C=C\C/C=C\C/C=C\C/C=C\CC)COC(OCC[N+](C)(C)C)C(=O)O. The molecule has 2 unspecified atom stereocenters. The molecule has 0 bridgehead atoms. The standard InChI is InChI=1S/C86H141NO8/c1-6-8-10-12-14-16-18-20-22-24-26-28-30-32-34-36-38-40-41-42-43-45-47-49-51-53-55-57-59-61-63-65-67-69-71-73-75-77-84(89)95-82(81-94-86(85(90)91)92-79-78-87(3,4)5)80-93-83(88)76-74-72-70-68-66-64-62-60-58-56-54-52-50-48-46-44-39-37-35-33-31-29-27-25-23-21-19-17-15-13-11-9-7-2/h8-11,14-17,20-23,26-29,32-35,38-40,42-44,47,49,82,86H,6-7,12-13,18-19,24-25,30-31,36-37,41,45-46,48,50-81H2,1-5H3/p+1/b10-8-,11-9-,16-14-,17-15-,22-20-,23-21-,28-26-,29-27-,34-32-,35-33-,40-38-,43-42-,44-39-,49-47-. The number of likely N-dealkylation sites (N-methyl/N-ethyl adjacent to an activating group) is 1. The lowest BCUT2D eigenvalue weighted by atomic mass is 10.0. The van der Waals surface area contributed by atoms with E-state index in [1.54, 1.807) is 0 Å². The number of nitrogens with zero attached hydrogens (tertiary/aromatic N) is 1. The number of hydrogen-bond donors (Lipinski definition) is 1. The summed E-state index contributed by atoms with van der Waals surface area (Å²) in [6.07, 6.45) is 109. The number of rotatable bonds is 69. The lowest BCUT2D eigenvalue weighted by molar-refractivity contribution is -0.870. The fourth-order valence-corrected chi connectivity index (χ4v) is 10.2. The monoisotopic (exact) mass is 1320 g/mol. The van der Waals surface area contributed by atoms with Crippen LogP contribution in [0.4, 0.5) is 0 Å². The number of carbonyl (C=O) groups excluding carboxylic acids is 2. The molecule has 9 heteroatoms. The van der Waals surface area contributed by atoms with Gasteiger partial charge in [-0.3, -0.25) is 9.59 Å². The molecule has 0 amide bonds. The average Bonchev–Trinajstić information content (AvgIpc) is 3.75. The summed E-state index contributed by atoms with van der Waals surface area (Å²) < 4.78 is 23.0. The summed E-state index contributed by atoms with van der Waals surface area (Å²) in [5, 5.41) is 9.77. The third-order valence-electron chi connectivity index (χ3n) is 16.0. The zero-order valence-electron chi connectivity index (χ0n) is 61.5. The van der Waals surface area contributed by atoms with Gasteiger partial charge in [-0.2, -0.15) is 0 Å². The van der Waals surface area contributed by atoms with Crippen molar-refractivity contribution in [2.75, 3.05) is 47.5 Å². The summed E-state index contributed by atoms with van der Waals surface area (Å²) in [4.78, 5) is 37.7. The lowest BCUT2D eigenvalue weighted by Gasteiger charge is -2.25. The van der Waals surface area contributed by atoms with Crippen molar-refractivity contribution in [2.24, 2.45) is 0 Å². The van der Waals surface area contributed by atoms with Crippen LogP contribution in [0.2, 0.25) is 0 Å². The van der Waals surface area contributed by atoms with Gasteiger partial charge in [-0.1, -0.05) is 325 Å². The van der Waals surface area contributed by atoms with E-state index in [1.807, 2.05) is 21.1 Å². The van der Waals surface area contributed by atoms with Gasteiger partial charge in [-0.25, -0.2) is 4.79 Å². The van der Waals surface area contributed by atoms with Gasteiger partial charge in [0.1, 0.15) is 13.2 Å². The molecule has 0 aliphatic rings. The van der Waals surface area contributed by atoms with Gasteiger partial charge < -0.3 is 28.5 Å². The molecule has 0 saturated carbocycles. The first-order valence-electron chi connectivity index (χ1n) is 38.3. The van der Waals surface area contributed by atoms with E-state index in [0.717, 1.165) is 128 Å². The van der Waals surface area contributed by atoms with E-state index >= 15 is 0 Å². The highest BCUT2D eigenvalue weighted by Gasteiger charge is 2.25. The molecular weight excluding hydrogens is 1170 g/mol. The number of allylic oxidation sites excluding steroid dienone is 28. The van der Waals surface area contributed by atoms with Crippen LogP contribution >= 0.6 is 0 Å². The second-order valence-electron chi connectivity index (χ2n) is 26.2. The number of quaternary nitrogens is 1. The zero-order valence-corrected chi connectivity index (χ0v) is 61.5. The highest BCUT2D eigenvalue weighted by atomic mass is 16.7. The number of aliphatic carboxylic acids is 1. The Kier molecular flexibility index (Phi) is 70.2. The molecule has 95 heavy (non-hydrogen) atoms. The van der Waals surface area contributed by atoms with Crippen LogP contribution in [0.3, 0.4) is 0 Å². The summed E-state index contributed by atoms with van der Waals surface area (Å²) >= 11 is 0. The molecule has 0 fully saturated rings. The van der Waals surface area contributed by atoms with Crippen LogP contribution in [0.25, 0.3) is 0 Å². The number of carbonyl (C=O) groups is 3. The Bertz CT molecular complexity index is 2170. The number of carboxylic acid groups (broad SMARTS) is 1. The molecule has 0 radical (unpaired) electrons. The molecule has 0 aromatic rings. The van der Waals surface area contributed by atoms with Crippen LogP contribution in [0.5, 0.6) is 0 Å². The molecule has 0 aromatic heterocycles. The van der Waals surface area contributed by atoms with Crippen molar-refractivity contribution < 1.29 is 42.9 Å². The first-order chi connectivity index (χ1) is 46.6. The van der Waals surface area contributed by atoms with Crippen molar-refractivity contribution in [3.05, 3.63) is 170 Å². The first kappa shape index (κ1) is 89.6. The number of unbranched alkanes of at least 4 members (excludes halogenated alkanes) is 26. The Labute approximate surface area is 584 Å². The van der Waals surface area contributed by atoms with Crippen molar-refractivity contribution in [2.45, 2.75) is 309 Å². The van der Waals surface area contributed by atoms with Crippen molar-refractivity contribution in [3.8, 4) is 0 Å². The maximum absolute atomic E-state index is 13.0. The Balaban J connectivity index is 4.12. The fraction of sp³-hybridized carbons (Fsp3) is 0.640. The number of esters is 2. The van der Waals surface area contributed by atoms with Gasteiger partial charge in [0.25, 0.3) is 6.29 Å². The van der Waals surface area contributed by atoms with Crippen LogP contribution < -0.4 is 0 Å². The van der Waals surface area contributed by atoms with Crippen molar-refractivity contribution in [1.29, 1.82) is 0 Å². The summed E-state index contributed by atoms with van der Waals surface area (Å²) in [7, 11) is 5.98. The third kappa shape index (κ3) is 75.9. The Morgan fingerprint density at radius 1 is 0.316 bits per heavy atom. The minimum atomic E-state index is -1.52. The number of ether oxygens (including phenoxy) is 4. The molecule has 0 heterocycles. The van der Waals surface area contributed by atoms with Crippen LogP contribution in [0, 0.1) is 0 Å². The van der Waals surface area contributed by atoms with Gasteiger partial charge in [0.2, 0.25) is 0 Å². The van der Waals surface area contributed by atoms with Crippen LogP contribution in [0.15, 0.2) is 170 Å². The van der Waals surface area contributed by atoms with Gasteiger partial charge in [-0.15, -0.1) is 0 Å². The Morgan fingerprint density at radius 2 is 0.568 bits per heavy atom. The molecule has 0 aromatic carbocycles. The lowest BCUT2D eigenvalue weighted by Crippen LogP contribution is -2.40. The molecule has 1 N–H and O–H groups in total. The van der Waals surface area contributed by atoms with E-state index in [9.17, 15) is 19.5 Å². The topological polar surface area (TPSA) is 108 Å². The molecule has 2 atom stereocenters. The molecule has 0 rings (SSSR count). The summed E-state index contributed by atoms with van der Waals surface area (Å²) in [5.74, 6) is -2.01. The zero-order chi connectivity index (χ0) is 69.0. The van der Waals surface area contributed by atoms with Crippen LogP contribution in [-0.4, -0.2) is 87.4 Å². The molecule has 9 nitrogen and oxygen atoms in total. The largest absolute Gasteiger partial charge is 0.477 e. The Morgan fingerprint density at radius 3 is 0.842 bits per heavy atom. The van der Waals surface area contributed by atoms with Gasteiger partial charge in [0.15, 0.2) is 6.10 Å². The van der Waals surface area contributed by atoms with Crippen molar-refractivity contribution in [3.63, 3.8) is 0 Å². The van der Waals surface area contributed by atoms with E-state index < -0.39 is 24.3 Å². The average molecular weight is 1320 g/mol. The number of carboxylic acids is 1. The highest BCUT2D eigenvalue weighted by Crippen LogP contribution is 2.17. The quantitative estimate of drug-likeness (QED) is 0.0211. The van der Waals surface area contributed by atoms with Crippen LogP contribution in [-0.2, 0) is 33.3 Å². The number of hydrogen-bond acceptors (Lipinski definition) is 7. The highest BCUT2D eigenvalue weighted by molar-refractivity contribution is 5.71. The van der Waals surface area contributed by atoms with Crippen molar-refractivity contribution >= 4 is 17.9 Å². The molecule has 0 saturated heterocycles. The van der Waals surface area contributed by atoms with E-state index in [0.29, 0.717) is 23.9 Å². The smallest absolute Gasteiger partial charge is 0.361 e. The fourth-order valence-electron chi connectivity index (χ4n) is 10.2. The van der Waals surface area contributed by atoms with E-state index in [4.69, 9.17) is 18.9 Å². The van der Waals surface area contributed by atoms with Gasteiger partial charge in [0, 0.05) is 12.8 Å². The van der Waals surface area contributed by atoms with Gasteiger partial charge in [-0.05, 0) is 128 Å². The first-order valence-corrected chi connectivity index (χ1v) is 38.3. The summed E-state index contributed by atoms with van der Waals surface area (Å²) in [6, 6.07) is 0. The molecule has 0 aliphatic carbocycles. The van der Waals surface area contributed by atoms with Gasteiger partial charge in [0.05, 0.1) is 34.4 Å². The second kappa shape index (κ2) is 74.4. The Hall–Kier alpha value is -5.35. The summed E-state index contributed by atoms with van der Waals surface area (Å²) in [6.45, 7) is 4.65. The molecule has 0 spiro atoms. The molecule has 538 valence electrons. The molecular formula is C86H142NO8+. The van der Waals surface area contributed by atoms with Crippen LogP contribution in [0.1, 0.15) is 296 Å². The normalized spacial score (nSPS) is 13.7. The van der Waals surface area contributed by atoms with E-state index in [-0.39, 0.29) is 32.2 Å². The summed E-state index contributed by atoms with van der Waals surface area (Å²) in [5.41, 5.74) is 0. The minimum Gasteiger partial charge on any atom is -0.477 e.